The van der Waals surface area contributed by atoms with E-state index >= 15 is 0 Å². The van der Waals surface area contributed by atoms with Gasteiger partial charge in [-0.25, -0.2) is 0 Å². The van der Waals surface area contributed by atoms with Crippen LogP contribution >= 0.6 is 0 Å². The van der Waals surface area contributed by atoms with Gasteiger partial charge in [0.15, 0.2) is 5.75 Å². The van der Waals surface area contributed by atoms with E-state index in [1.54, 1.807) is 5.06 Å². The molecule has 0 aliphatic carbocycles. The Morgan fingerprint density at radius 3 is 2.84 bits per heavy atom. The number of primary amides is 1. The first-order valence-corrected chi connectivity index (χ1v) is 6.47. The lowest BCUT2D eigenvalue weighted by Crippen LogP contribution is -2.42. The molecule has 1 atom stereocenters. The molecule has 0 aromatic heterocycles. The van der Waals surface area contributed by atoms with E-state index < -0.39 is 0 Å². The quantitative estimate of drug-likeness (QED) is 0.914. The minimum Gasteiger partial charge on any atom is -0.405 e. The summed E-state index contributed by atoms with van der Waals surface area (Å²) in [5.74, 6) is 0.448. The van der Waals surface area contributed by atoms with E-state index in [4.69, 9.17) is 10.6 Å². The van der Waals surface area contributed by atoms with Crippen molar-refractivity contribution in [1.82, 2.24) is 5.06 Å². The van der Waals surface area contributed by atoms with Gasteiger partial charge in [0, 0.05) is 11.9 Å². The van der Waals surface area contributed by atoms with E-state index in [0.717, 1.165) is 35.9 Å². The summed E-state index contributed by atoms with van der Waals surface area (Å²) in [6.07, 6.45) is 1.69. The van der Waals surface area contributed by atoms with Crippen molar-refractivity contribution < 1.29 is 9.63 Å². The number of fused-ring (bicyclic) bond motifs is 1. The summed E-state index contributed by atoms with van der Waals surface area (Å²) in [5, 5.41) is 3.86. The largest absolute Gasteiger partial charge is 0.405 e. The number of hydrogen-bond acceptors (Lipinski definition) is 3. The van der Waals surface area contributed by atoms with E-state index in [-0.39, 0.29) is 11.9 Å². The zero-order valence-corrected chi connectivity index (χ0v) is 10.6. The lowest BCUT2D eigenvalue weighted by atomic mass is 10.1. The molecule has 0 unspecified atom stereocenters. The molecule has 4 nitrogen and oxygen atoms in total. The fourth-order valence-corrected chi connectivity index (χ4v) is 2.54. The van der Waals surface area contributed by atoms with Crippen molar-refractivity contribution in [3.05, 3.63) is 42.5 Å². The van der Waals surface area contributed by atoms with Crippen LogP contribution in [0.1, 0.15) is 12.8 Å². The molecule has 1 aliphatic heterocycles. The molecule has 1 saturated heterocycles. The number of carbonyl (C=O) groups is 1. The maximum atomic E-state index is 11.4. The summed E-state index contributed by atoms with van der Waals surface area (Å²) < 4.78 is 0. The maximum Gasteiger partial charge on any atom is 0.238 e. The van der Waals surface area contributed by atoms with Crippen LogP contribution in [0.15, 0.2) is 42.5 Å². The second-order valence-corrected chi connectivity index (χ2v) is 4.77. The SMILES string of the molecule is NC(=O)[C@@H]1CCCN1Oc1cccc2ccccc12. The Hall–Kier alpha value is -2.07. The van der Waals surface area contributed by atoms with Crippen molar-refractivity contribution in [2.75, 3.05) is 6.54 Å². The molecule has 1 amide bonds. The predicted molar refractivity (Wildman–Crippen MR) is 73.5 cm³/mol. The Morgan fingerprint density at radius 1 is 1.21 bits per heavy atom. The van der Waals surface area contributed by atoms with Crippen LogP contribution in [0.4, 0.5) is 0 Å². The Labute approximate surface area is 111 Å². The van der Waals surface area contributed by atoms with E-state index in [9.17, 15) is 4.79 Å². The van der Waals surface area contributed by atoms with E-state index in [1.807, 2.05) is 42.5 Å². The van der Waals surface area contributed by atoms with Gasteiger partial charge in [0.2, 0.25) is 5.91 Å². The third-order valence-electron chi connectivity index (χ3n) is 3.50. The Balaban J connectivity index is 1.91. The number of nitrogens with two attached hydrogens (primary N) is 1. The van der Waals surface area contributed by atoms with Crippen LogP contribution in [0.3, 0.4) is 0 Å². The van der Waals surface area contributed by atoms with Gasteiger partial charge in [-0.15, -0.1) is 5.06 Å². The average Bonchev–Trinajstić information content (AvgIpc) is 2.87. The zero-order valence-electron chi connectivity index (χ0n) is 10.6. The highest BCUT2D eigenvalue weighted by Crippen LogP contribution is 2.28. The molecule has 0 spiro atoms. The summed E-state index contributed by atoms with van der Waals surface area (Å²) in [6, 6.07) is 13.6. The predicted octanol–water partition coefficient (Wildman–Crippen LogP) is 2.08. The molecule has 1 aliphatic rings. The lowest BCUT2D eigenvalue weighted by Gasteiger charge is -2.22. The molecule has 19 heavy (non-hydrogen) atoms. The van der Waals surface area contributed by atoms with Crippen molar-refractivity contribution in [3.8, 4) is 5.75 Å². The van der Waals surface area contributed by atoms with Crippen molar-refractivity contribution >= 4 is 16.7 Å². The van der Waals surface area contributed by atoms with Crippen LogP contribution in [0, 0.1) is 0 Å². The number of hydrogen-bond donors (Lipinski definition) is 1. The lowest BCUT2D eigenvalue weighted by molar-refractivity contribution is -0.135. The number of carbonyl (C=O) groups excluding carboxylic acids is 1. The Bertz CT molecular complexity index is 607. The fraction of sp³-hybridized carbons (Fsp3) is 0.267. The van der Waals surface area contributed by atoms with Crippen molar-refractivity contribution in [2.24, 2.45) is 5.73 Å². The first-order chi connectivity index (χ1) is 9.25. The smallest absolute Gasteiger partial charge is 0.238 e. The summed E-state index contributed by atoms with van der Waals surface area (Å²) in [6.45, 7) is 0.733. The van der Waals surface area contributed by atoms with Gasteiger partial charge in [-0.1, -0.05) is 36.4 Å². The number of rotatable bonds is 3. The minimum atomic E-state index is -0.322. The first-order valence-electron chi connectivity index (χ1n) is 6.47. The number of amides is 1. The highest BCUT2D eigenvalue weighted by molar-refractivity contribution is 5.88. The third kappa shape index (κ3) is 2.27. The van der Waals surface area contributed by atoms with Crippen molar-refractivity contribution in [2.45, 2.75) is 18.9 Å². The van der Waals surface area contributed by atoms with Gasteiger partial charge in [-0.05, 0) is 24.3 Å². The van der Waals surface area contributed by atoms with Gasteiger partial charge in [-0.3, -0.25) is 4.79 Å². The molecular formula is C15H16N2O2. The van der Waals surface area contributed by atoms with Crippen molar-refractivity contribution in [1.29, 1.82) is 0 Å². The molecule has 98 valence electrons. The second-order valence-electron chi connectivity index (χ2n) is 4.77. The molecule has 3 rings (SSSR count). The number of nitrogens with zero attached hydrogens (tertiary/aromatic N) is 1. The van der Waals surface area contributed by atoms with Crippen LogP contribution in [0.25, 0.3) is 10.8 Å². The molecule has 2 N–H and O–H groups in total. The van der Waals surface area contributed by atoms with Gasteiger partial charge in [0.25, 0.3) is 0 Å². The topological polar surface area (TPSA) is 55.6 Å². The van der Waals surface area contributed by atoms with Crippen LogP contribution in [0.2, 0.25) is 0 Å². The van der Waals surface area contributed by atoms with Gasteiger partial charge in [0.1, 0.15) is 6.04 Å². The summed E-state index contributed by atoms with van der Waals surface area (Å²) in [4.78, 5) is 17.3. The number of hydroxylamine groups is 2. The van der Waals surface area contributed by atoms with Crippen LogP contribution in [-0.2, 0) is 4.79 Å². The van der Waals surface area contributed by atoms with E-state index in [0.29, 0.717) is 0 Å². The molecule has 0 radical (unpaired) electrons. The van der Waals surface area contributed by atoms with Crippen LogP contribution < -0.4 is 10.6 Å². The third-order valence-corrected chi connectivity index (χ3v) is 3.50. The summed E-state index contributed by atoms with van der Waals surface area (Å²) in [5.41, 5.74) is 5.39. The first kappa shape index (κ1) is 12.0. The summed E-state index contributed by atoms with van der Waals surface area (Å²) in [7, 11) is 0. The summed E-state index contributed by atoms with van der Waals surface area (Å²) >= 11 is 0. The van der Waals surface area contributed by atoms with E-state index in [1.165, 1.54) is 0 Å². The molecule has 4 heteroatoms. The van der Waals surface area contributed by atoms with Crippen LogP contribution in [-0.4, -0.2) is 23.6 Å². The monoisotopic (exact) mass is 256 g/mol. The highest BCUT2D eigenvalue weighted by Gasteiger charge is 2.31. The number of benzene rings is 2. The van der Waals surface area contributed by atoms with Crippen LogP contribution in [0.5, 0.6) is 5.75 Å². The molecule has 0 saturated carbocycles. The van der Waals surface area contributed by atoms with E-state index in [2.05, 4.69) is 0 Å². The standard InChI is InChI=1S/C15H16N2O2/c16-15(18)13-8-4-10-17(13)19-14-9-3-6-11-5-1-2-7-12(11)14/h1-3,5-7,9,13H,4,8,10H2,(H2,16,18)/t13-/m0/s1. The molecule has 1 heterocycles. The minimum absolute atomic E-state index is 0.320. The molecule has 2 aromatic rings. The molecular weight excluding hydrogens is 240 g/mol. The Morgan fingerprint density at radius 2 is 2.00 bits per heavy atom. The van der Waals surface area contributed by atoms with Crippen molar-refractivity contribution in [3.63, 3.8) is 0 Å². The Kier molecular flexibility index (Phi) is 3.09. The molecule has 2 aromatic carbocycles. The average molecular weight is 256 g/mol. The fourth-order valence-electron chi connectivity index (χ4n) is 2.54. The molecule has 0 bridgehead atoms. The van der Waals surface area contributed by atoms with Gasteiger partial charge in [0.05, 0.1) is 0 Å². The van der Waals surface area contributed by atoms with Gasteiger partial charge >= 0.3 is 0 Å². The zero-order chi connectivity index (χ0) is 13.2. The van der Waals surface area contributed by atoms with Gasteiger partial charge < -0.3 is 10.6 Å². The maximum absolute atomic E-state index is 11.4. The second kappa shape index (κ2) is 4.90. The highest BCUT2D eigenvalue weighted by atomic mass is 16.7. The normalized spacial score (nSPS) is 19.7. The molecule has 1 fully saturated rings. The van der Waals surface area contributed by atoms with Gasteiger partial charge in [-0.2, -0.15) is 0 Å².